The maximum Gasteiger partial charge on any atom is 0.267 e. The van der Waals surface area contributed by atoms with E-state index >= 15 is 0 Å². The van der Waals surface area contributed by atoms with Crippen molar-refractivity contribution in [3.63, 3.8) is 0 Å². The smallest absolute Gasteiger partial charge is 0.267 e. The number of amides is 1. The number of rotatable bonds is 8. The van der Waals surface area contributed by atoms with Gasteiger partial charge in [0.1, 0.15) is 12.3 Å². The molecule has 1 aromatic heterocycles. The highest BCUT2D eigenvalue weighted by Gasteiger charge is 2.11. The van der Waals surface area contributed by atoms with E-state index in [9.17, 15) is 9.59 Å². The van der Waals surface area contributed by atoms with Crippen molar-refractivity contribution in [3.8, 4) is 28.5 Å². The van der Waals surface area contributed by atoms with Crippen LogP contribution in [0.1, 0.15) is 5.56 Å². The summed E-state index contributed by atoms with van der Waals surface area (Å²) in [5.41, 5.74) is 1.74. The van der Waals surface area contributed by atoms with Gasteiger partial charge in [0.05, 0.1) is 27.0 Å². The standard InChI is InChI=1S/C22H23N3O5/c1-28-18-7-5-4-6-16(18)13-23-21(26)14-25-22(27)11-9-17(24-25)15-8-10-19(29-2)20(12-15)30-3/h4-12H,13-14H2,1-3H3,(H,23,26). The van der Waals surface area contributed by atoms with Crippen LogP contribution in [0.3, 0.4) is 0 Å². The average molecular weight is 409 g/mol. The molecule has 30 heavy (non-hydrogen) atoms. The zero-order valence-electron chi connectivity index (χ0n) is 17.0. The van der Waals surface area contributed by atoms with Crippen molar-refractivity contribution < 1.29 is 19.0 Å². The van der Waals surface area contributed by atoms with E-state index < -0.39 is 0 Å². The minimum absolute atomic E-state index is 0.199. The Morgan fingerprint density at radius 3 is 2.40 bits per heavy atom. The van der Waals surface area contributed by atoms with Crippen LogP contribution in [-0.2, 0) is 17.9 Å². The third-order valence-electron chi connectivity index (χ3n) is 4.51. The number of methoxy groups -OCH3 is 3. The van der Waals surface area contributed by atoms with E-state index in [1.54, 1.807) is 45.6 Å². The Balaban J connectivity index is 1.75. The van der Waals surface area contributed by atoms with Crippen molar-refractivity contribution in [2.75, 3.05) is 21.3 Å². The summed E-state index contributed by atoms with van der Waals surface area (Å²) < 4.78 is 17.0. The van der Waals surface area contributed by atoms with Crippen LogP contribution < -0.4 is 25.1 Å². The predicted molar refractivity (Wildman–Crippen MR) is 112 cm³/mol. The second-order valence-corrected chi connectivity index (χ2v) is 6.37. The topological polar surface area (TPSA) is 91.7 Å². The molecule has 1 heterocycles. The molecule has 8 nitrogen and oxygen atoms in total. The summed E-state index contributed by atoms with van der Waals surface area (Å²) in [6, 6.07) is 15.7. The number of carbonyl (C=O) groups excluding carboxylic acids is 1. The Kier molecular flexibility index (Phi) is 6.69. The minimum Gasteiger partial charge on any atom is -0.496 e. The number of nitrogens with zero attached hydrogens (tertiary/aromatic N) is 2. The molecule has 0 atom stereocenters. The number of hydrogen-bond acceptors (Lipinski definition) is 6. The van der Waals surface area contributed by atoms with Crippen molar-refractivity contribution in [1.29, 1.82) is 0 Å². The van der Waals surface area contributed by atoms with E-state index in [1.807, 2.05) is 24.3 Å². The van der Waals surface area contributed by atoms with Crippen molar-refractivity contribution in [2.24, 2.45) is 0 Å². The quantitative estimate of drug-likeness (QED) is 0.614. The molecule has 1 N–H and O–H groups in total. The van der Waals surface area contributed by atoms with Crippen LogP contribution in [0.15, 0.2) is 59.4 Å². The lowest BCUT2D eigenvalue weighted by atomic mass is 10.1. The zero-order chi connectivity index (χ0) is 21.5. The SMILES string of the molecule is COc1ccccc1CNC(=O)Cn1nc(-c2ccc(OC)c(OC)c2)ccc1=O. The second-order valence-electron chi connectivity index (χ2n) is 6.37. The third kappa shape index (κ3) is 4.78. The molecule has 0 fully saturated rings. The van der Waals surface area contributed by atoms with Crippen molar-refractivity contribution in [1.82, 2.24) is 15.1 Å². The largest absolute Gasteiger partial charge is 0.496 e. The first-order valence-corrected chi connectivity index (χ1v) is 9.25. The van der Waals surface area contributed by atoms with Gasteiger partial charge in [0.15, 0.2) is 11.5 Å². The molecule has 0 spiro atoms. The van der Waals surface area contributed by atoms with Crippen LogP contribution in [0.5, 0.6) is 17.2 Å². The number of ether oxygens (including phenoxy) is 3. The number of para-hydroxylation sites is 1. The van der Waals surface area contributed by atoms with Crippen molar-refractivity contribution >= 4 is 5.91 Å². The Bertz CT molecular complexity index is 1090. The van der Waals surface area contributed by atoms with Crippen LogP contribution in [0.4, 0.5) is 0 Å². The van der Waals surface area contributed by atoms with E-state index in [1.165, 1.54) is 6.07 Å². The number of carbonyl (C=O) groups is 1. The van der Waals surface area contributed by atoms with Crippen LogP contribution in [0.25, 0.3) is 11.3 Å². The Morgan fingerprint density at radius 2 is 1.67 bits per heavy atom. The summed E-state index contributed by atoms with van der Waals surface area (Å²) in [4.78, 5) is 24.6. The lowest BCUT2D eigenvalue weighted by molar-refractivity contribution is -0.122. The maximum absolute atomic E-state index is 12.4. The summed E-state index contributed by atoms with van der Waals surface area (Å²) in [5, 5.41) is 7.11. The number of nitrogens with one attached hydrogen (secondary N) is 1. The Morgan fingerprint density at radius 1 is 0.933 bits per heavy atom. The van der Waals surface area contributed by atoms with Crippen LogP contribution >= 0.6 is 0 Å². The lowest BCUT2D eigenvalue weighted by Gasteiger charge is -2.11. The molecular weight excluding hydrogens is 386 g/mol. The first kappa shape index (κ1) is 20.9. The highest BCUT2D eigenvalue weighted by molar-refractivity contribution is 5.75. The third-order valence-corrected chi connectivity index (χ3v) is 4.51. The minimum atomic E-state index is -0.369. The van der Waals surface area contributed by atoms with Gasteiger partial charge in [-0.3, -0.25) is 9.59 Å². The fourth-order valence-corrected chi connectivity index (χ4v) is 2.95. The molecule has 156 valence electrons. The van der Waals surface area contributed by atoms with Gasteiger partial charge in [-0.1, -0.05) is 18.2 Å². The average Bonchev–Trinajstić information content (AvgIpc) is 2.78. The highest BCUT2D eigenvalue weighted by Crippen LogP contribution is 2.31. The van der Waals surface area contributed by atoms with Gasteiger partial charge in [0.25, 0.3) is 5.56 Å². The molecule has 3 rings (SSSR count). The molecular formula is C22H23N3O5. The molecule has 0 unspecified atom stereocenters. The van der Waals surface area contributed by atoms with E-state index in [0.29, 0.717) is 22.9 Å². The van der Waals surface area contributed by atoms with Gasteiger partial charge in [-0.2, -0.15) is 5.10 Å². The molecule has 3 aromatic rings. The van der Waals surface area contributed by atoms with E-state index in [4.69, 9.17) is 14.2 Å². The van der Waals surface area contributed by atoms with Crippen LogP contribution in [0, 0.1) is 0 Å². The molecule has 0 bridgehead atoms. The van der Waals surface area contributed by atoms with Crippen LogP contribution in [0.2, 0.25) is 0 Å². The Labute approximate surface area is 174 Å². The summed E-state index contributed by atoms with van der Waals surface area (Å²) in [7, 11) is 4.67. The fourth-order valence-electron chi connectivity index (χ4n) is 2.95. The molecule has 0 saturated heterocycles. The van der Waals surface area contributed by atoms with Gasteiger partial charge >= 0.3 is 0 Å². The fraction of sp³-hybridized carbons (Fsp3) is 0.227. The molecule has 8 heteroatoms. The second kappa shape index (κ2) is 9.60. The molecule has 0 aliphatic carbocycles. The van der Waals surface area contributed by atoms with E-state index in [2.05, 4.69) is 10.4 Å². The first-order chi connectivity index (χ1) is 14.5. The van der Waals surface area contributed by atoms with Gasteiger partial charge in [0, 0.05) is 23.7 Å². The van der Waals surface area contributed by atoms with Gasteiger partial charge in [-0.05, 0) is 30.3 Å². The van der Waals surface area contributed by atoms with Gasteiger partial charge < -0.3 is 19.5 Å². The summed E-state index contributed by atoms with van der Waals surface area (Å²) >= 11 is 0. The molecule has 2 aromatic carbocycles. The van der Waals surface area contributed by atoms with Crippen LogP contribution in [-0.4, -0.2) is 37.0 Å². The molecule has 0 saturated carbocycles. The first-order valence-electron chi connectivity index (χ1n) is 9.25. The molecule has 0 aliphatic rings. The van der Waals surface area contributed by atoms with Crippen molar-refractivity contribution in [3.05, 3.63) is 70.5 Å². The maximum atomic E-state index is 12.4. The Hall–Kier alpha value is -3.81. The summed E-state index contributed by atoms with van der Waals surface area (Å²) in [6.45, 7) is 0.0854. The molecule has 0 radical (unpaired) electrons. The van der Waals surface area contributed by atoms with Gasteiger partial charge in [-0.25, -0.2) is 4.68 Å². The summed E-state index contributed by atoms with van der Waals surface area (Å²) in [6.07, 6.45) is 0. The molecule has 1 amide bonds. The number of aromatic nitrogens is 2. The normalized spacial score (nSPS) is 10.4. The lowest BCUT2D eigenvalue weighted by Crippen LogP contribution is -2.33. The monoisotopic (exact) mass is 409 g/mol. The molecule has 0 aliphatic heterocycles. The highest BCUT2D eigenvalue weighted by atomic mass is 16.5. The predicted octanol–water partition coefficient (Wildman–Crippen LogP) is 2.25. The number of benzene rings is 2. The van der Waals surface area contributed by atoms with Crippen molar-refractivity contribution in [2.45, 2.75) is 13.1 Å². The summed E-state index contributed by atoms with van der Waals surface area (Å²) in [5.74, 6) is 1.48. The van der Waals surface area contributed by atoms with Gasteiger partial charge in [-0.15, -0.1) is 0 Å². The van der Waals surface area contributed by atoms with E-state index in [-0.39, 0.29) is 24.6 Å². The number of hydrogen-bond donors (Lipinski definition) is 1. The zero-order valence-corrected chi connectivity index (χ0v) is 17.0. The van der Waals surface area contributed by atoms with Gasteiger partial charge in [0.2, 0.25) is 5.91 Å². The van der Waals surface area contributed by atoms with E-state index in [0.717, 1.165) is 15.8 Å².